The van der Waals surface area contributed by atoms with E-state index >= 15 is 0 Å². The summed E-state index contributed by atoms with van der Waals surface area (Å²) in [6.45, 7) is 0.857. The van der Waals surface area contributed by atoms with E-state index in [2.05, 4.69) is 22.8 Å². The zero-order chi connectivity index (χ0) is 23.8. The van der Waals surface area contributed by atoms with Crippen LogP contribution in [0.3, 0.4) is 0 Å². The second-order valence-corrected chi connectivity index (χ2v) is 9.06. The fourth-order valence-corrected chi connectivity index (χ4v) is 4.49. The van der Waals surface area contributed by atoms with Crippen LogP contribution in [0.1, 0.15) is 42.0 Å². The van der Waals surface area contributed by atoms with E-state index in [4.69, 9.17) is 11.6 Å². The van der Waals surface area contributed by atoms with E-state index in [9.17, 15) is 9.59 Å². The number of fused-ring (bicyclic) bond motifs is 1. The summed E-state index contributed by atoms with van der Waals surface area (Å²) in [5, 5.41) is 6.72. The second-order valence-electron chi connectivity index (χ2n) is 8.62. The van der Waals surface area contributed by atoms with Gasteiger partial charge in [-0.25, -0.2) is 4.79 Å². The Balaban J connectivity index is 1.37. The number of urea groups is 1. The number of nitrogens with zero attached hydrogens (tertiary/aromatic N) is 1. The summed E-state index contributed by atoms with van der Waals surface area (Å²) in [6, 6.07) is 25.2. The van der Waals surface area contributed by atoms with E-state index in [1.54, 1.807) is 29.2 Å². The highest BCUT2D eigenvalue weighted by molar-refractivity contribution is 6.30. The van der Waals surface area contributed by atoms with Gasteiger partial charge < -0.3 is 15.5 Å². The van der Waals surface area contributed by atoms with Gasteiger partial charge >= 0.3 is 6.03 Å². The van der Waals surface area contributed by atoms with Crippen LogP contribution >= 0.6 is 11.6 Å². The average molecular weight is 476 g/mol. The molecule has 0 fully saturated rings. The van der Waals surface area contributed by atoms with Gasteiger partial charge in [0, 0.05) is 30.2 Å². The molecule has 0 aliphatic heterocycles. The van der Waals surface area contributed by atoms with Crippen molar-refractivity contribution < 1.29 is 9.59 Å². The molecule has 2 N–H and O–H groups in total. The zero-order valence-electron chi connectivity index (χ0n) is 19.2. The number of carbonyl (C=O) groups is 2. The Morgan fingerprint density at radius 2 is 1.65 bits per heavy atom. The molecule has 0 saturated heterocycles. The maximum atomic E-state index is 13.0. The molecular weight excluding hydrogens is 446 g/mol. The summed E-state index contributed by atoms with van der Waals surface area (Å²) in [4.78, 5) is 27.6. The first-order valence-corrected chi connectivity index (χ1v) is 12.2. The van der Waals surface area contributed by atoms with E-state index < -0.39 is 0 Å². The smallest absolute Gasteiger partial charge is 0.321 e. The maximum Gasteiger partial charge on any atom is 0.321 e. The van der Waals surface area contributed by atoms with Crippen molar-refractivity contribution in [2.45, 2.75) is 38.1 Å². The standard InChI is InChI=1S/C28H30ClN3O2/c29-23-13-15-24(16-14-23)30-28(34)32(19-17-21-7-2-1-3-8-21)20-18-27(33)31-26-12-6-10-22-9-4-5-11-25(22)26/h1-5,7-9,11,13-16,26H,6,10,12,17-20H2,(H,30,34)(H,31,33). The molecule has 5 nitrogen and oxygen atoms in total. The second kappa shape index (κ2) is 11.7. The number of hydrogen-bond donors (Lipinski definition) is 2. The van der Waals surface area contributed by atoms with Gasteiger partial charge in [0.15, 0.2) is 0 Å². The largest absolute Gasteiger partial charge is 0.349 e. The van der Waals surface area contributed by atoms with Crippen molar-refractivity contribution in [1.29, 1.82) is 0 Å². The quantitative estimate of drug-likeness (QED) is 0.419. The molecule has 1 unspecified atom stereocenters. The molecule has 3 amide bonds. The van der Waals surface area contributed by atoms with Crippen LogP contribution in [-0.2, 0) is 17.6 Å². The molecule has 1 aliphatic carbocycles. The summed E-state index contributed by atoms with van der Waals surface area (Å²) in [7, 11) is 0. The lowest BCUT2D eigenvalue weighted by Gasteiger charge is -2.27. The lowest BCUT2D eigenvalue weighted by atomic mass is 9.87. The van der Waals surface area contributed by atoms with E-state index in [-0.39, 0.29) is 24.4 Å². The summed E-state index contributed by atoms with van der Waals surface area (Å²) >= 11 is 5.96. The van der Waals surface area contributed by atoms with E-state index in [0.717, 1.165) is 24.8 Å². The van der Waals surface area contributed by atoms with Gasteiger partial charge in [-0.1, -0.05) is 66.2 Å². The third-order valence-electron chi connectivity index (χ3n) is 6.21. The van der Waals surface area contributed by atoms with Gasteiger partial charge in [-0.3, -0.25) is 4.79 Å². The molecule has 4 rings (SSSR count). The number of aryl methyl sites for hydroxylation is 1. The van der Waals surface area contributed by atoms with Crippen LogP contribution in [0.25, 0.3) is 0 Å². The monoisotopic (exact) mass is 475 g/mol. The molecular formula is C28H30ClN3O2. The number of rotatable bonds is 8. The number of anilines is 1. The van der Waals surface area contributed by atoms with Crippen LogP contribution in [0.2, 0.25) is 5.02 Å². The highest BCUT2D eigenvalue weighted by Gasteiger charge is 2.22. The Labute approximate surface area is 206 Å². The van der Waals surface area contributed by atoms with Crippen molar-refractivity contribution in [3.05, 3.63) is 101 Å². The molecule has 6 heteroatoms. The summed E-state index contributed by atoms with van der Waals surface area (Å²) in [5.41, 5.74) is 4.34. The summed E-state index contributed by atoms with van der Waals surface area (Å²) < 4.78 is 0. The molecule has 0 bridgehead atoms. The first-order valence-electron chi connectivity index (χ1n) is 11.8. The molecule has 34 heavy (non-hydrogen) atoms. The van der Waals surface area contributed by atoms with E-state index in [0.29, 0.717) is 30.2 Å². The van der Waals surface area contributed by atoms with Crippen LogP contribution in [0.5, 0.6) is 0 Å². The normalized spacial score (nSPS) is 14.7. The van der Waals surface area contributed by atoms with Crippen molar-refractivity contribution in [1.82, 2.24) is 10.2 Å². The summed E-state index contributed by atoms with van der Waals surface area (Å²) in [6.07, 6.45) is 4.03. The summed E-state index contributed by atoms with van der Waals surface area (Å²) in [5.74, 6) is -0.0364. The predicted octanol–water partition coefficient (Wildman–Crippen LogP) is 6.00. The van der Waals surface area contributed by atoms with Gasteiger partial charge in [0.1, 0.15) is 0 Å². The lowest BCUT2D eigenvalue weighted by molar-refractivity contribution is -0.122. The van der Waals surface area contributed by atoms with Crippen molar-refractivity contribution in [3.63, 3.8) is 0 Å². The third-order valence-corrected chi connectivity index (χ3v) is 6.46. The van der Waals surface area contributed by atoms with E-state index in [1.807, 2.05) is 42.5 Å². The maximum absolute atomic E-state index is 13.0. The van der Waals surface area contributed by atoms with Gasteiger partial charge in [0.2, 0.25) is 5.91 Å². The SMILES string of the molecule is O=C(CCN(CCc1ccccc1)C(=O)Nc1ccc(Cl)cc1)NC1CCCc2ccccc21. The molecule has 1 aliphatic rings. The Morgan fingerprint density at radius 1 is 0.912 bits per heavy atom. The first kappa shape index (κ1) is 23.8. The van der Waals surface area contributed by atoms with E-state index in [1.165, 1.54) is 11.1 Å². The topological polar surface area (TPSA) is 61.4 Å². The highest BCUT2D eigenvalue weighted by Crippen LogP contribution is 2.29. The molecule has 176 valence electrons. The molecule has 0 aromatic heterocycles. The number of amides is 3. The van der Waals surface area contributed by atoms with Crippen molar-refractivity contribution in [2.75, 3.05) is 18.4 Å². The molecule has 0 radical (unpaired) electrons. The van der Waals surface area contributed by atoms with Gasteiger partial charge in [0.05, 0.1) is 6.04 Å². The fourth-order valence-electron chi connectivity index (χ4n) is 4.37. The minimum absolute atomic E-state index is 0.0364. The van der Waals surface area contributed by atoms with Crippen LogP contribution in [-0.4, -0.2) is 29.9 Å². The number of halogens is 1. The van der Waals surface area contributed by atoms with Crippen LogP contribution in [0, 0.1) is 0 Å². The Morgan fingerprint density at radius 3 is 2.44 bits per heavy atom. The zero-order valence-corrected chi connectivity index (χ0v) is 19.9. The molecule has 0 saturated carbocycles. The third kappa shape index (κ3) is 6.61. The number of benzene rings is 3. The predicted molar refractivity (Wildman–Crippen MR) is 137 cm³/mol. The Hall–Kier alpha value is -3.31. The first-order chi connectivity index (χ1) is 16.6. The van der Waals surface area contributed by atoms with Crippen LogP contribution in [0.15, 0.2) is 78.9 Å². The minimum Gasteiger partial charge on any atom is -0.349 e. The molecule has 3 aromatic carbocycles. The minimum atomic E-state index is -0.228. The average Bonchev–Trinajstić information content (AvgIpc) is 2.86. The molecule has 0 heterocycles. The van der Waals surface area contributed by atoms with Crippen molar-refractivity contribution in [3.8, 4) is 0 Å². The molecule has 3 aromatic rings. The Kier molecular flexibility index (Phi) is 8.21. The highest BCUT2D eigenvalue weighted by atomic mass is 35.5. The number of carbonyl (C=O) groups excluding carboxylic acids is 2. The Bertz CT molecular complexity index is 1100. The van der Waals surface area contributed by atoms with Gasteiger partial charge in [-0.05, 0) is 66.6 Å². The van der Waals surface area contributed by atoms with Crippen molar-refractivity contribution in [2.24, 2.45) is 0 Å². The number of nitrogens with one attached hydrogen (secondary N) is 2. The fraction of sp³-hybridized carbons (Fsp3) is 0.286. The van der Waals surface area contributed by atoms with Crippen LogP contribution < -0.4 is 10.6 Å². The molecule has 1 atom stereocenters. The van der Waals surface area contributed by atoms with Gasteiger partial charge in [0.25, 0.3) is 0 Å². The van der Waals surface area contributed by atoms with Crippen molar-refractivity contribution >= 4 is 29.2 Å². The van der Waals surface area contributed by atoms with Gasteiger partial charge in [-0.15, -0.1) is 0 Å². The van der Waals surface area contributed by atoms with Crippen LogP contribution in [0.4, 0.5) is 10.5 Å². The lowest BCUT2D eigenvalue weighted by Crippen LogP contribution is -2.40. The van der Waals surface area contributed by atoms with Gasteiger partial charge in [-0.2, -0.15) is 0 Å². The number of hydrogen-bond acceptors (Lipinski definition) is 2. The molecule has 0 spiro atoms.